The van der Waals surface area contributed by atoms with Gasteiger partial charge in [0, 0.05) is 24.4 Å². The summed E-state index contributed by atoms with van der Waals surface area (Å²) in [5.74, 6) is 0.776. The van der Waals surface area contributed by atoms with Gasteiger partial charge in [0.2, 0.25) is 0 Å². The number of nitrogens with one attached hydrogen (secondary N) is 3. The van der Waals surface area contributed by atoms with Crippen LogP contribution >= 0.6 is 0 Å². The summed E-state index contributed by atoms with van der Waals surface area (Å²) in [5, 5.41) is 14.8. The van der Waals surface area contributed by atoms with Crippen LogP contribution in [0.2, 0.25) is 0 Å². The summed E-state index contributed by atoms with van der Waals surface area (Å²) in [7, 11) is 0. The molecule has 2 atom stereocenters. The van der Waals surface area contributed by atoms with Crippen molar-refractivity contribution < 1.29 is 0 Å². The van der Waals surface area contributed by atoms with Gasteiger partial charge in [-0.3, -0.25) is 0 Å². The number of rotatable bonds is 3. The van der Waals surface area contributed by atoms with E-state index >= 15 is 0 Å². The Balaban J connectivity index is 2.01. The molecule has 1 aliphatic heterocycles. The van der Waals surface area contributed by atoms with Crippen LogP contribution < -0.4 is 10.6 Å². The highest BCUT2D eigenvalue weighted by molar-refractivity contribution is 6.10. The van der Waals surface area contributed by atoms with E-state index in [2.05, 4.69) is 30.6 Å². The summed E-state index contributed by atoms with van der Waals surface area (Å²) >= 11 is 0. The Labute approximate surface area is 110 Å². The van der Waals surface area contributed by atoms with Gasteiger partial charge in [-0.05, 0) is 43.9 Å². The van der Waals surface area contributed by atoms with Crippen LogP contribution in [0.4, 0.5) is 0 Å². The van der Waals surface area contributed by atoms with Gasteiger partial charge in [-0.2, -0.15) is 0 Å². The highest BCUT2D eigenvalue weighted by Crippen LogP contribution is 2.22. The SMILES string of the molecule is CCN/C=C1/C=CC([C@H]2CC[C@H](C)CN2)=CC1=N. The molecule has 0 unspecified atom stereocenters. The minimum absolute atomic E-state index is 0.429. The van der Waals surface area contributed by atoms with Gasteiger partial charge in [0.25, 0.3) is 0 Å². The maximum absolute atomic E-state index is 8.05. The topological polar surface area (TPSA) is 47.9 Å². The van der Waals surface area contributed by atoms with Crippen LogP contribution in [0.3, 0.4) is 0 Å². The molecule has 0 bridgehead atoms. The molecule has 3 nitrogen and oxygen atoms in total. The summed E-state index contributed by atoms with van der Waals surface area (Å²) < 4.78 is 0. The highest BCUT2D eigenvalue weighted by Gasteiger charge is 2.21. The summed E-state index contributed by atoms with van der Waals surface area (Å²) in [6.07, 6.45) is 10.6. The molecule has 0 saturated carbocycles. The lowest BCUT2D eigenvalue weighted by Gasteiger charge is -2.29. The van der Waals surface area contributed by atoms with Crippen LogP contribution in [0.5, 0.6) is 0 Å². The molecular weight excluding hydrogens is 222 g/mol. The van der Waals surface area contributed by atoms with Crippen molar-refractivity contribution in [3.05, 3.63) is 35.6 Å². The van der Waals surface area contributed by atoms with Crippen molar-refractivity contribution in [2.75, 3.05) is 13.1 Å². The fourth-order valence-corrected chi connectivity index (χ4v) is 2.41. The van der Waals surface area contributed by atoms with Crippen molar-refractivity contribution in [2.24, 2.45) is 5.92 Å². The van der Waals surface area contributed by atoms with E-state index in [4.69, 9.17) is 5.41 Å². The maximum atomic E-state index is 8.05. The maximum Gasteiger partial charge on any atom is 0.0630 e. The molecule has 0 aromatic rings. The summed E-state index contributed by atoms with van der Waals surface area (Å²) in [6, 6.07) is 0.429. The fraction of sp³-hybridized carbons (Fsp3) is 0.533. The van der Waals surface area contributed by atoms with Gasteiger partial charge in [-0.25, -0.2) is 0 Å². The van der Waals surface area contributed by atoms with E-state index in [1.807, 2.05) is 18.4 Å². The van der Waals surface area contributed by atoms with Gasteiger partial charge in [0.05, 0.1) is 5.71 Å². The van der Waals surface area contributed by atoms with Crippen LogP contribution in [-0.2, 0) is 0 Å². The number of hydrogen-bond acceptors (Lipinski definition) is 3. The Bertz CT molecular complexity index is 396. The molecule has 1 heterocycles. The first-order chi connectivity index (χ1) is 8.70. The first kappa shape index (κ1) is 13.1. The molecule has 1 saturated heterocycles. The van der Waals surface area contributed by atoms with Crippen LogP contribution in [0, 0.1) is 11.3 Å². The van der Waals surface area contributed by atoms with Gasteiger partial charge >= 0.3 is 0 Å². The molecule has 0 aromatic carbocycles. The zero-order valence-corrected chi connectivity index (χ0v) is 11.3. The molecular formula is C15H23N3. The molecule has 0 amide bonds. The lowest BCUT2D eigenvalue weighted by molar-refractivity contribution is 0.356. The highest BCUT2D eigenvalue weighted by atomic mass is 14.9. The lowest BCUT2D eigenvalue weighted by Crippen LogP contribution is -2.39. The third kappa shape index (κ3) is 3.10. The smallest absolute Gasteiger partial charge is 0.0630 e. The van der Waals surface area contributed by atoms with Gasteiger partial charge in [-0.1, -0.05) is 19.1 Å². The molecule has 0 radical (unpaired) electrons. The minimum atomic E-state index is 0.429. The molecule has 0 aromatic heterocycles. The standard InChI is InChI=1S/C15H23N3/c1-3-17-10-13-6-5-12(8-14(13)16)15-7-4-11(2)9-18-15/h5-6,8,10-11,15-18H,3-4,7,9H2,1-2H3/b13-10-,16-14?/t11-,15+/m0/s1. The van der Waals surface area contributed by atoms with Crippen LogP contribution in [0.25, 0.3) is 0 Å². The average molecular weight is 245 g/mol. The minimum Gasteiger partial charge on any atom is -0.391 e. The first-order valence-corrected chi connectivity index (χ1v) is 6.86. The second-order valence-corrected chi connectivity index (χ2v) is 5.19. The van der Waals surface area contributed by atoms with Crippen molar-refractivity contribution >= 4 is 5.71 Å². The zero-order valence-electron chi connectivity index (χ0n) is 11.3. The van der Waals surface area contributed by atoms with Crippen molar-refractivity contribution in [2.45, 2.75) is 32.7 Å². The Kier molecular flexibility index (Phi) is 4.37. The van der Waals surface area contributed by atoms with E-state index in [0.717, 1.165) is 24.6 Å². The third-order valence-electron chi connectivity index (χ3n) is 3.60. The quantitative estimate of drug-likeness (QED) is 0.715. The second-order valence-electron chi connectivity index (χ2n) is 5.19. The van der Waals surface area contributed by atoms with E-state index in [9.17, 15) is 0 Å². The first-order valence-electron chi connectivity index (χ1n) is 6.86. The van der Waals surface area contributed by atoms with E-state index < -0.39 is 0 Å². The van der Waals surface area contributed by atoms with Gasteiger partial charge in [-0.15, -0.1) is 0 Å². The van der Waals surface area contributed by atoms with Crippen molar-refractivity contribution in [1.82, 2.24) is 10.6 Å². The molecule has 2 rings (SSSR count). The van der Waals surface area contributed by atoms with Gasteiger partial charge in [0.15, 0.2) is 0 Å². The Hall–Kier alpha value is -1.35. The zero-order chi connectivity index (χ0) is 13.0. The molecule has 3 N–H and O–H groups in total. The summed E-state index contributed by atoms with van der Waals surface area (Å²) in [4.78, 5) is 0. The molecule has 1 aliphatic carbocycles. The van der Waals surface area contributed by atoms with E-state index in [1.54, 1.807) is 0 Å². The van der Waals surface area contributed by atoms with Crippen LogP contribution in [0.15, 0.2) is 35.6 Å². The monoisotopic (exact) mass is 245 g/mol. The summed E-state index contributed by atoms with van der Waals surface area (Å²) in [5.41, 5.74) is 2.82. The summed E-state index contributed by atoms with van der Waals surface area (Å²) in [6.45, 7) is 6.32. The van der Waals surface area contributed by atoms with E-state index in [0.29, 0.717) is 11.8 Å². The van der Waals surface area contributed by atoms with E-state index in [1.165, 1.54) is 18.4 Å². The van der Waals surface area contributed by atoms with Crippen LogP contribution in [-0.4, -0.2) is 24.8 Å². The van der Waals surface area contributed by atoms with Crippen molar-refractivity contribution in [3.8, 4) is 0 Å². The van der Waals surface area contributed by atoms with E-state index in [-0.39, 0.29) is 0 Å². The molecule has 18 heavy (non-hydrogen) atoms. The van der Waals surface area contributed by atoms with Crippen molar-refractivity contribution in [3.63, 3.8) is 0 Å². The Morgan fingerprint density at radius 3 is 2.89 bits per heavy atom. The average Bonchev–Trinajstić information content (AvgIpc) is 2.38. The van der Waals surface area contributed by atoms with Crippen LogP contribution in [0.1, 0.15) is 26.7 Å². The molecule has 98 valence electrons. The third-order valence-corrected chi connectivity index (χ3v) is 3.60. The normalized spacial score (nSPS) is 30.4. The Morgan fingerprint density at radius 1 is 1.44 bits per heavy atom. The lowest BCUT2D eigenvalue weighted by atomic mass is 9.88. The fourth-order valence-electron chi connectivity index (χ4n) is 2.41. The predicted octanol–water partition coefficient (Wildman–Crippen LogP) is 2.38. The largest absolute Gasteiger partial charge is 0.391 e. The molecule has 3 heteroatoms. The van der Waals surface area contributed by atoms with Gasteiger partial charge < -0.3 is 16.0 Å². The second kappa shape index (κ2) is 6.01. The number of hydrogen-bond donors (Lipinski definition) is 3. The number of piperidine rings is 1. The Morgan fingerprint density at radius 2 is 2.28 bits per heavy atom. The number of allylic oxidation sites excluding steroid dienone is 3. The van der Waals surface area contributed by atoms with Crippen molar-refractivity contribution in [1.29, 1.82) is 5.41 Å². The van der Waals surface area contributed by atoms with Gasteiger partial charge in [0.1, 0.15) is 0 Å². The molecule has 0 spiro atoms. The predicted molar refractivity (Wildman–Crippen MR) is 76.9 cm³/mol. The molecule has 1 fully saturated rings. The molecule has 2 aliphatic rings.